The third-order valence-corrected chi connectivity index (χ3v) is 3.24. The number of hydrogen-bond donors (Lipinski definition) is 3. The lowest BCUT2D eigenvalue weighted by atomic mass is 10.1. The highest BCUT2D eigenvalue weighted by Crippen LogP contribution is 2.20. The van der Waals surface area contributed by atoms with Crippen molar-refractivity contribution in [2.45, 2.75) is 31.2 Å². The molecular formula is C14H17NO5. The number of nitrogens with one attached hydrogen (secondary N) is 1. The normalized spacial score (nSPS) is 23.2. The fourth-order valence-electron chi connectivity index (χ4n) is 2.12. The van der Waals surface area contributed by atoms with Gasteiger partial charge in [-0.05, 0) is 18.4 Å². The molecule has 1 aromatic rings. The Kier molecular flexibility index (Phi) is 4.70. The van der Waals surface area contributed by atoms with E-state index in [-0.39, 0.29) is 12.5 Å². The van der Waals surface area contributed by atoms with Gasteiger partial charge in [0.2, 0.25) is 5.91 Å². The Hall–Kier alpha value is -1.92. The van der Waals surface area contributed by atoms with E-state index in [1.54, 1.807) is 24.3 Å². The monoisotopic (exact) mass is 279 g/mol. The molecule has 3 N–H and O–H groups in total. The van der Waals surface area contributed by atoms with Gasteiger partial charge in [0.05, 0.1) is 6.10 Å². The fraction of sp³-hybridized carbons (Fsp3) is 0.429. The van der Waals surface area contributed by atoms with E-state index >= 15 is 0 Å². The summed E-state index contributed by atoms with van der Waals surface area (Å²) in [5.74, 6) is -1.44. The van der Waals surface area contributed by atoms with Crippen LogP contribution >= 0.6 is 0 Å². The van der Waals surface area contributed by atoms with Crippen LogP contribution in [0, 0.1) is 0 Å². The first-order valence-corrected chi connectivity index (χ1v) is 6.47. The molecule has 6 nitrogen and oxygen atoms in total. The number of carbonyl (C=O) groups is 2. The Morgan fingerprint density at radius 3 is 2.50 bits per heavy atom. The number of rotatable bonds is 5. The summed E-state index contributed by atoms with van der Waals surface area (Å²) in [5, 5.41) is 21.3. The number of hydrogen-bond acceptors (Lipinski definition) is 4. The Morgan fingerprint density at radius 1 is 1.25 bits per heavy atom. The minimum absolute atomic E-state index is 0.0699. The second kappa shape index (κ2) is 6.49. The van der Waals surface area contributed by atoms with E-state index in [2.05, 4.69) is 5.32 Å². The molecule has 0 bridgehead atoms. The topological polar surface area (TPSA) is 95.9 Å². The first kappa shape index (κ1) is 14.5. The molecule has 0 radical (unpaired) electrons. The van der Waals surface area contributed by atoms with E-state index in [1.807, 2.05) is 6.07 Å². The number of ether oxygens (including phenoxy) is 1. The minimum Gasteiger partial charge on any atom is -0.479 e. The molecule has 1 aliphatic heterocycles. The maximum atomic E-state index is 11.8. The lowest BCUT2D eigenvalue weighted by Gasteiger charge is -2.15. The molecule has 3 atom stereocenters. The van der Waals surface area contributed by atoms with Crippen LogP contribution in [0.3, 0.4) is 0 Å². The number of amides is 1. The third kappa shape index (κ3) is 3.55. The van der Waals surface area contributed by atoms with Crippen molar-refractivity contribution in [2.24, 2.45) is 0 Å². The number of aliphatic hydroxyl groups excluding tert-OH is 1. The zero-order valence-corrected chi connectivity index (χ0v) is 10.9. The van der Waals surface area contributed by atoms with E-state index in [0.717, 1.165) is 0 Å². The Morgan fingerprint density at radius 2 is 1.90 bits per heavy atom. The van der Waals surface area contributed by atoms with Crippen LogP contribution in [0.1, 0.15) is 24.5 Å². The van der Waals surface area contributed by atoms with Gasteiger partial charge in [-0.15, -0.1) is 0 Å². The Balaban J connectivity index is 1.80. The Bertz CT molecular complexity index is 476. The van der Waals surface area contributed by atoms with Crippen LogP contribution in [0.2, 0.25) is 0 Å². The molecule has 1 saturated heterocycles. The first-order valence-electron chi connectivity index (χ1n) is 6.47. The predicted molar refractivity (Wildman–Crippen MR) is 69.9 cm³/mol. The highest BCUT2D eigenvalue weighted by atomic mass is 16.5. The summed E-state index contributed by atoms with van der Waals surface area (Å²) < 4.78 is 5.13. The number of carbonyl (C=O) groups excluding carboxylic acids is 1. The first-order chi connectivity index (χ1) is 9.58. The number of benzene rings is 1. The molecule has 2 rings (SSSR count). The number of carboxylic acid groups (broad SMARTS) is 1. The van der Waals surface area contributed by atoms with Gasteiger partial charge >= 0.3 is 5.97 Å². The zero-order chi connectivity index (χ0) is 14.5. The highest BCUT2D eigenvalue weighted by Gasteiger charge is 2.34. The number of aliphatic hydroxyl groups is 1. The molecule has 20 heavy (non-hydrogen) atoms. The molecule has 1 aliphatic rings. The van der Waals surface area contributed by atoms with Crippen molar-refractivity contribution in [3.8, 4) is 0 Å². The molecular weight excluding hydrogens is 262 g/mol. The van der Waals surface area contributed by atoms with Crippen LogP contribution in [-0.4, -0.2) is 40.8 Å². The SMILES string of the molecule is O=C(O)C1CCC(C(=O)NCC(O)c2ccccc2)O1. The summed E-state index contributed by atoms with van der Waals surface area (Å²) in [6.45, 7) is 0.0699. The molecule has 108 valence electrons. The van der Waals surface area contributed by atoms with Gasteiger partial charge in [0, 0.05) is 6.54 Å². The van der Waals surface area contributed by atoms with Crippen molar-refractivity contribution in [3.05, 3.63) is 35.9 Å². The van der Waals surface area contributed by atoms with Gasteiger partial charge in [0.15, 0.2) is 6.10 Å². The molecule has 1 amide bonds. The van der Waals surface area contributed by atoms with Crippen LogP contribution in [-0.2, 0) is 14.3 Å². The molecule has 1 aromatic carbocycles. The van der Waals surface area contributed by atoms with E-state index < -0.39 is 24.3 Å². The van der Waals surface area contributed by atoms with Crippen LogP contribution in [0.4, 0.5) is 0 Å². The van der Waals surface area contributed by atoms with Crippen LogP contribution in [0.25, 0.3) is 0 Å². The van der Waals surface area contributed by atoms with Gasteiger partial charge in [-0.25, -0.2) is 4.79 Å². The summed E-state index contributed by atoms with van der Waals surface area (Å²) >= 11 is 0. The number of carboxylic acids is 1. The largest absolute Gasteiger partial charge is 0.479 e. The van der Waals surface area contributed by atoms with E-state index in [4.69, 9.17) is 9.84 Å². The average Bonchev–Trinajstić information content (AvgIpc) is 2.95. The standard InChI is InChI=1S/C14H17NO5/c16-10(9-4-2-1-3-5-9)8-15-13(17)11-6-7-12(20-11)14(18)19/h1-5,10-12,16H,6-8H2,(H,15,17)(H,18,19). The van der Waals surface area contributed by atoms with E-state index in [9.17, 15) is 14.7 Å². The summed E-state index contributed by atoms with van der Waals surface area (Å²) in [6, 6.07) is 8.98. The fourth-order valence-corrected chi connectivity index (χ4v) is 2.12. The summed E-state index contributed by atoms with van der Waals surface area (Å²) in [5.41, 5.74) is 0.712. The van der Waals surface area contributed by atoms with Gasteiger partial charge in [0.1, 0.15) is 6.10 Å². The lowest BCUT2D eigenvalue weighted by Crippen LogP contribution is -2.37. The van der Waals surface area contributed by atoms with Crippen molar-refractivity contribution in [1.82, 2.24) is 5.32 Å². The van der Waals surface area contributed by atoms with Crippen molar-refractivity contribution >= 4 is 11.9 Å². The quantitative estimate of drug-likeness (QED) is 0.728. The van der Waals surface area contributed by atoms with Crippen LogP contribution in [0.5, 0.6) is 0 Å². The maximum Gasteiger partial charge on any atom is 0.332 e. The van der Waals surface area contributed by atoms with Crippen LogP contribution in [0.15, 0.2) is 30.3 Å². The molecule has 0 aliphatic carbocycles. The van der Waals surface area contributed by atoms with E-state index in [0.29, 0.717) is 18.4 Å². The van der Waals surface area contributed by atoms with Gasteiger partial charge in [-0.1, -0.05) is 30.3 Å². The van der Waals surface area contributed by atoms with Crippen molar-refractivity contribution in [3.63, 3.8) is 0 Å². The second-order valence-corrected chi connectivity index (χ2v) is 4.70. The summed E-state index contributed by atoms with van der Waals surface area (Å²) in [6.07, 6.45) is -1.75. The van der Waals surface area contributed by atoms with Gasteiger partial charge in [-0.3, -0.25) is 4.79 Å². The molecule has 0 aromatic heterocycles. The summed E-state index contributed by atoms with van der Waals surface area (Å²) in [4.78, 5) is 22.5. The van der Waals surface area contributed by atoms with E-state index in [1.165, 1.54) is 0 Å². The van der Waals surface area contributed by atoms with Gasteiger partial charge in [0.25, 0.3) is 0 Å². The average molecular weight is 279 g/mol. The highest BCUT2D eigenvalue weighted by molar-refractivity contribution is 5.82. The van der Waals surface area contributed by atoms with Gasteiger partial charge in [-0.2, -0.15) is 0 Å². The number of aliphatic carboxylic acids is 1. The zero-order valence-electron chi connectivity index (χ0n) is 10.9. The lowest BCUT2D eigenvalue weighted by molar-refractivity contribution is -0.151. The molecule has 0 spiro atoms. The molecule has 3 unspecified atom stereocenters. The molecule has 6 heteroatoms. The van der Waals surface area contributed by atoms with Gasteiger partial charge < -0.3 is 20.3 Å². The van der Waals surface area contributed by atoms with Crippen molar-refractivity contribution in [2.75, 3.05) is 6.54 Å². The smallest absolute Gasteiger partial charge is 0.332 e. The molecule has 1 heterocycles. The van der Waals surface area contributed by atoms with Crippen molar-refractivity contribution in [1.29, 1.82) is 0 Å². The Labute approximate surface area is 116 Å². The van der Waals surface area contributed by atoms with Crippen molar-refractivity contribution < 1.29 is 24.5 Å². The maximum absolute atomic E-state index is 11.8. The second-order valence-electron chi connectivity index (χ2n) is 4.70. The minimum atomic E-state index is -1.05. The third-order valence-electron chi connectivity index (χ3n) is 3.24. The van der Waals surface area contributed by atoms with Crippen LogP contribution < -0.4 is 5.32 Å². The predicted octanol–water partition coefficient (Wildman–Crippen LogP) is 0.468. The molecule has 1 fully saturated rings. The molecule has 0 saturated carbocycles. The summed E-state index contributed by atoms with van der Waals surface area (Å²) in [7, 11) is 0.